The van der Waals surface area contributed by atoms with E-state index in [9.17, 15) is 0 Å². The highest BCUT2D eigenvalue weighted by atomic mass is 16.3. The maximum absolute atomic E-state index is 8.50. The molecule has 0 atom stereocenters. The number of nitrogens with zero attached hydrogens (tertiary/aromatic N) is 1. The van der Waals surface area contributed by atoms with Crippen LogP contribution in [0.15, 0.2) is 12.2 Å². The van der Waals surface area contributed by atoms with Crippen molar-refractivity contribution in [3.63, 3.8) is 0 Å². The second-order valence-electron chi connectivity index (χ2n) is 2.41. The molecule has 0 bridgehead atoms. The first-order valence-electron chi connectivity index (χ1n) is 3.71. The summed E-state index contributed by atoms with van der Waals surface area (Å²) in [5.74, 6) is 0. The smallest absolute Gasteiger partial charge is 0.0443 e. The van der Waals surface area contributed by atoms with Crippen molar-refractivity contribution in [1.82, 2.24) is 4.90 Å². The third-order valence-corrected chi connectivity index (χ3v) is 1.35. The largest absolute Gasteiger partial charge is 0.396 e. The van der Waals surface area contributed by atoms with Gasteiger partial charge in [-0.05, 0) is 20.4 Å². The van der Waals surface area contributed by atoms with Gasteiger partial charge in [-0.2, -0.15) is 0 Å². The molecular formula is C8H17NO. The van der Waals surface area contributed by atoms with Gasteiger partial charge >= 0.3 is 0 Å². The van der Waals surface area contributed by atoms with E-state index in [1.807, 2.05) is 13.0 Å². The van der Waals surface area contributed by atoms with E-state index in [1.165, 1.54) is 0 Å². The first-order chi connectivity index (χ1) is 4.81. The minimum atomic E-state index is 0.292. The number of hydrogen-bond donors (Lipinski definition) is 1. The van der Waals surface area contributed by atoms with E-state index in [0.29, 0.717) is 6.61 Å². The van der Waals surface area contributed by atoms with Crippen LogP contribution in [0.25, 0.3) is 0 Å². The molecule has 0 fully saturated rings. The lowest BCUT2D eigenvalue weighted by atomic mass is 10.4. The van der Waals surface area contributed by atoms with Crippen LogP contribution in [-0.2, 0) is 0 Å². The summed E-state index contributed by atoms with van der Waals surface area (Å²) >= 11 is 0. The van der Waals surface area contributed by atoms with Gasteiger partial charge < -0.3 is 10.0 Å². The SMILES string of the molecule is C/C=C/CN(C)CCCO. The van der Waals surface area contributed by atoms with Crippen molar-refractivity contribution in [2.75, 3.05) is 26.7 Å². The van der Waals surface area contributed by atoms with Crippen LogP contribution in [0.5, 0.6) is 0 Å². The zero-order chi connectivity index (χ0) is 7.82. The third kappa shape index (κ3) is 5.79. The van der Waals surface area contributed by atoms with E-state index in [1.54, 1.807) is 0 Å². The van der Waals surface area contributed by atoms with Gasteiger partial charge in [-0.1, -0.05) is 12.2 Å². The molecule has 10 heavy (non-hydrogen) atoms. The van der Waals surface area contributed by atoms with E-state index < -0.39 is 0 Å². The molecule has 0 heterocycles. The highest BCUT2D eigenvalue weighted by Crippen LogP contribution is 1.86. The van der Waals surface area contributed by atoms with Gasteiger partial charge in [0.2, 0.25) is 0 Å². The highest BCUT2D eigenvalue weighted by Gasteiger charge is 1.91. The van der Waals surface area contributed by atoms with Crippen LogP contribution in [0.1, 0.15) is 13.3 Å². The van der Waals surface area contributed by atoms with E-state index in [2.05, 4.69) is 18.0 Å². The van der Waals surface area contributed by atoms with Gasteiger partial charge in [0.15, 0.2) is 0 Å². The second kappa shape index (κ2) is 6.78. The Morgan fingerprint density at radius 2 is 2.20 bits per heavy atom. The number of aliphatic hydroxyl groups excluding tert-OH is 1. The molecule has 0 unspecified atom stereocenters. The maximum Gasteiger partial charge on any atom is 0.0443 e. The molecule has 0 rings (SSSR count). The van der Waals surface area contributed by atoms with Crippen molar-refractivity contribution >= 4 is 0 Å². The van der Waals surface area contributed by atoms with Crippen LogP contribution >= 0.6 is 0 Å². The molecule has 2 nitrogen and oxygen atoms in total. The average molecular weight is 143 g/mol. The molecule has 60 valence electrons. The fourth-order valence-electron chi connectivity index (χ4n) is 0.717. The lowest BCUT2D eigenvalue weighted by Gasteiger charge is -2.12. The molecule has 0 saturated carbocycles. The van der Waals surface area contributed by atoms with Gasteiger partial charge in [-0.3, -0.25) is 0 Å². The van der Waals surface area contributed by atoms with Gasteiger partial charge in [0.25, 0.3) is 0 Å². The average Bonchev–Trinajstić information content (AvgIpc) is 1.97. The Morgan fingerprint density at radius 3 is 2.70 bits per heavy atom. The van der Waals surface area contributed by atoms with Crippen LogP contribution in [-0.4, -0.2) is 36.8 Å². The number of aliphatic hydroxyl groups is 1. The molecule has 0 aromatic heterocycles. The van der Waals surface area contributed by atoms with Gasteiger partial charge in [0.05, 0.1) is 0 Å². The standard InChI is InChI=1S/C8H17NO/c1-3-4-6-9(2)7-5-8-10/h3-4,10H,5-8H2,1-2H3/b4-3+. The molecule has 0 aromatic rings. The van der Waals surface area contributed by atoms with Crippen LogP contribution in [0.4, 0.5) is 0 Å². The summed E-state index contributed by atoms with van der Waals surface area (Å²) in [6.07, 6.45) is 5.01. The molecular weight excluding hydrogens is 126 g/mol. The fraction of sp³-hybridized carbons (Fsp3) is 0.750. The first kappa shape index (κ1) is 9.66. The summed E-state index contributed by atoms with van der Waals surface area (Å²) in [6.45, 7) is 4.26. The first-order valence-corrected chi connectivity index (χ1v) is 3.71. The van der Waals surface area contributed by atoms with Crippen molar-refractivity contribution in [2.45, 2.75) is 13.3 Å². The monoisotopic (exact) mass is 143 g/mol. The summed E-state index contributed by atoms with van der Waals surface area (Å²) in [7, 11) is 2.05. The summed E-state index contributed by atoms with van der Waals surface area (Å²) in [4.78, 5) is 2.18. The molecule has 2 heteroatoms. The summed E-state index contributed by atoms with van der Waals surface area (Å²) in [5, 5.41) is 8.50. The Hall–Kier alpha value is -0.340. The topological polar surface area (TPSA) is 23.5 Å². The normalized spacial score (nSPS) is 11.6. The lowest BCUT2D eigenvalue weighted by molar-refractivity contribution is 0.256. The van der Waals surface area contributed by atoms with Crippen LogP contribution in [0, 0.1) is 0 Å². The molecule has 0 aliphatic carbocycles. The Kier molecular flexibility index (Phi) is 6.55. The molecule has 0 aliphatic heterocycles. The molecule has 1 N–H and O–H groups in total. The molecule has 0 radical (unpaired) electrons. The van der Waals surface area contributed by atoms with Gasteiger partial charge in [-0.25, -0.2) is 0 Å². The number of likely N-dealkylation sites (N-methyl/N-ethyl adjacent to an activating group) is 1. The minimum Gasteiger partial charge on any atom is -0.396 e. The molecule has 0 aromatic carbocycles. The van der Waals surface area contributed by atoms with Crippen LogP contribution in [0.3, 0.4) is 0 Å². The van der Waals surface area contributed by atoms with E-state index in [-0.39, 0.29) is 0 Å². The maximum atomic E-state index is 8.50. The van der Waals surface area contributed by atoms with Gasteiger partial charge in [-0.15, -0.1) is 0 Å². The third-order valence-electron chi connectivity index (χ3n) is 1.35. The predicted molar refractivity (Wildman–Crippen MR) is 44.0 cm³/mol. The zero-order valence-corrected chi connectivity index (χ0v) is 6.88. The van der Waals surface area contributed by atoms with Crippen molar-refractivity contribution in [3.05, 3.63) is 12.2 Å². The van der Waals surface area contributed by atoms with Crippen LogP contribution in [0.2, 0.25) is 0 Å². The minimum absolute atomic E-state index is 0.292. The Bertz CT molecular complexity index is 91.3. The van der Waals surface area contributed by atoms with Crippen molar-refractivity contribution in [1.29, 1.82) is 0 Å². The number of allylic oxidation sites excluding steroid dienone is 1. The second-order valence-corrected chi connectivity index (χ2v) is 2.41. The van der Waals surface area contributed by atoms with Crippen molar-refractivity contribution in [3.8, 4) is 0 Å². The van der Waals surface area contributed by atoms with Gasteiger partial charge in [0.1, 0.15) is 0 Å². The highest BCUT2D eigenvalue weighted by molar-refractivity contribution is 4.79. The van der Waals surface area contributed by atoms with Crippen LogP contribution < -0.4 is 0 Å². The van der Waals surface area contributed by atoms with E-state index >= 15 is 0 Å². The summed E-state index contributed by atoms with van der Waals surface area (Å²) in [6, 6.07) is 0. The molecule has 0 saturated heterocycles. The van der Waals surface area contributed by atoms with E-state index in [0.717, 1.165) is 19.5 Å². The van der Waals surface area contributed by atoms with Gasteiger partial charge in [0, 0.05) is 19.7 Å². The number of rotatable bonds is 5. The Labute approximate surface area is 63.2 Å². The Morgan fingerprint density at radius 1 is 1.50 bits per heavy atom. The molecule has 0 spiro atoms. The summed E-state index contributed by atoms with van der Waals surface area (Å²) < 4.78 is 0. The lowest BCUT2D eigenvalue weighted by Crippen LogP contribution is -2.20. The van der Waals surface area contributed by atoms with Crippen molar-refractivity contribution < 1.29 is 5.11 Å². The number of hydrogen-bond acceptors (Lipinski definition) is 2. The Balaban J connectivity index is 3.16. The zero-order valence-electron chi connectivity index (χ0n) is 6.88. The molecule has 0 amide bonds. The molecule has 0 aliphatic rings. The van der Waals surface area contributed by atoms with Crippen molar-refractivity contribution in [2.24, 2.45) is 0 Å². The predicted octanol–water partition coefficient (Wildman–Crippen LogP) is 0.877. The summed E-state index contributed by atoms with van der Waals surface area (Å²) in [5.41, 5.74) is 0. The quantitative estimate of drug-likeness (QED) is 0.577. The fourth-order valence-corrected chi connectivity index (χ4v) is 0.717. The van der Waals surface area contributed by atoms with E-state index in [4.69, 9.17) is 5.11 Å².